The molecule has 200 valence electrons. The average molecular weight is 555 g/mol. The first kappa shape index (κ1) is 27.6. The zero-order valence-corrected chi connectivity index (χ0v) is 22.9. The van der Waals surface area contributed by atoms with E-state index in [1.54, 1.807) is 30.3 Å². The van der Waals surface area contributed by atoms with Gasteiger partial charge in [0.2, 0.25) is 5.91 Å². The van der Waals surface area contributed by atoms with E-state index < -0.39 is 9.84 Å². The van der Waals surface area contributed by atoms with Crippen LogP contribution in [0.5, 0.6) is 0 Å². The van der Waals surface area contributed by atoms with Gasteiger partial charge in [-0.1, -0.05) is 41.9 Å². The number of anilines is 1. The Hall–Kier alpha value is -3.43. The fourth-order valence-corrected chi connectivity index (χ4v) is 5.34. The minimum Gasteiger partial charge on any atom is -0.355 e. The molecular formula is C28H31ClN4O4S. The van der Waals surface area contributed by atoms with Crippen molar-refractivity contribution in [2.75, 3.05) is 24.2 Å². The molecule has 0 radical (unpaired) electrons. The first-order chi connectivity index (χ1) is 18.1. The standard InChI is InChI=1S/C28H31ClN4O4S/c1-19-6-3-4-7-22(19)16-31-27(34)15-20-12-13-33(26-11-10-24(17-30-26)38(2,36)37)18-25(20)32-28(35)21-8-5-9-23(29)14-21/h3-11,14,17,20,25H,12-13,15-16,18H2,1-2H3,(H,31,34)(H,32,35). The van der Waals surface area contributed by atoms with Gasteiger partial charge in [0.25, 0.3) is 5.91 Å². The second kappa shape index (κ2) is 12.0. The van der Waals surface area contributed by atoms with Crippen LogP contribution in [0.4, 0.5) is 5.82 Å². The van der Waals surface area contributed by atoms with Gasteiger partial charge < -0.3 is 15.5 Å². The summed E-state index contributed by atoms with van der Waals surface area (Å²) in [7, 11) is -3.36. The van der Waals surface area contributed by atoms with Crippen molar-refractivity contribution in [3.63, 3.8) is 0 Å². The number of piperidine rings is 1. The minimum absolute atomic E-state index is 0.0793. The molecule has 2 aromatic carbocycles. The topological polar surface area (TPSA) is 108 Å². The quantitative estimate of drug-likeness (QED) is 0.439. The van der Waals surface area contributed by atoms with Crippen molar-refractivity contribution in [2.45, 2.75) is 37.2 Å². The number of hydrogen-bond donors (Lipinski definition) is 2. The Morgan fingerprint density at radius 3 is 2.58 bits per heavy atom. The van der Waals surface area contributed by atoms with Crippen LogP contribution in [0.3, 0.4) is 0 Å². The van der Waals surface area contributed by atoms with Gasteiger partial charge in [0.05, 0.1) is 10.9 Å². The maximum Gasteiger partial charge on any atom is 0.251 e. The number of aromatic nitrogens is 1. The van der Waals surface area contributed by atoms with Crippen LogP contribution in [0.1, 0.15) is 34.3 Å². The SMILES string of the molecule is Cc1ccccc1CNC(=O)CC1CCN(c2ccc(S(C)(=O)=O)cn2)CC1NC(=O)c1cccc(Cl)c1. The molecule has 1 saturated heterocycles. The summed E-state index contributed by atoms with van der Waals surface area (Å²) in [5, 5.41) is 6.57. The molecule has 38 heavy (non-hydrogen) atoms. The lowest BCUT2D eigenvalue weighted by atomic mass is 9.88. The zero-order chi connectivity index (χ0) is 27.3. The molecule has 2 atom stereocenters. The molecule has 0 saturated carbocycles. The number of hydrogen-bond acceptors (Lipinski definition) is 6. The van der Waals surface area contributed by atoms with E-state index in [-0.39, 0.29) is 35.1 Å². The number of aryl methyl sites for hydroxylation is 1. The van der Waals surface area contributed by atoms with Crippen molar-refractivity contribution >= 4 is 39.1 Å². The summed E-state index contributed by atoms with van der Waals surface area (Å²) in [6.07, 6.45) is 3.39. The van der Waals surface area contributed by atoms with Crippen molar-refractivity contribution in [3.8, 4) is 0 Å². The van der Waals surface area contributed by atoms with E-state index in [1.165, 1.54) is 12.3 Å². The maximum atomic E-state index is 13.1. The summed E-state index contributed by atoms with van der Waals surface area (Å²) in [6, 6.07) is 17.5. The van der Waals surface area contributed by atoms with Gasteiger partial charge in [-0.3, -0.25) is 9.59 Å². The number of pyridine rings is 1. The molecule has 2 N–H and O–H groups in total. The molecule has 4 rings (SSSR count). The number of carbonyl (C=O) groups is 2. The number of halogens is 1. The Morgan fingerprint density at radius 1 is 1.11 bits per heavy atom. The molecular weight excluding hydrogens is 524 g/mol. The second-order valence-corrected chi connectivity index (χ2v) is 12.1. The maximum absolute atomic E-state index is 13.1. The highest BCUT2D eigenvalue weighted by atomic mass is 35.5. The van der Waals surface area contributed by atoms with Gasteiger partial charge in [-0.05, 0) is 60.7 Å². The Balaban J connectivity index is 1.48. The number of nitrogens with zero attached hydrogens (tertiary/aromatic N) is 2. The Bertz CT molecular complexity index is 1410. The fraction of sp³-hybridized carbons (Fsp3) is 0.321. The largest absolute Gasteiger partial charge is 0.355 e. The highest BCUT2D eigenvalue weighted by molar-refractivity contribution is 7.90. The lowest BCUT2D eigenvalue weighted by Gasteiger charge is -2.39. The van der Waals surface area contributed by atoms with Crippen molar-refractivity contribution in [1.82, 2.24) is 15.6 Å². The van der Waals surface area contributed by atoms with Gasteiger partial charge in [0, 0.05) is 49.1 Å². The van der Waals surface area contributed by atoms with Crippen LogP contribution in [0.2, 0.25) is 5.02 Å². The van der Waals surface area contributed by atoms with Gasteiger partial charge in [-0.2, -0.15) is 0 Å². The molecule has 2 unspecified atom stereocenters. The summed E-state index contributed by atoms with van der Waals surface area (Å²) in [6.45, 7) is 3.49. The lowest BCUT2D eigenvalue weighted by Crippen LogP contribution is -2.53. The molecule has 10 heteroatoms. The molecule has 3 aromatic rings. The summed E-state index contributed by atoms with van der Waals surface area (Å²) in [5.74, 6) is 0.165. The van der Waals surface area contributed by atoms with Gasteiger partial charge in [-0.15, -0.1) is 0 Å². The van der Waals surface area contributed by atoms with Crippen molar-refractivity contribution in [3.05, 3.63) is 88.6 Å². The van der Waals surface area contributed by atoms with Gasteiger partial charge in [0.1, 0.15) is 5.82 Å². The lowest BCUT2D eigenvalue weighted by molar-refractivity contribution is -0.122. The van der Waals surface area contributed by atoms with Crippen LogP contribution < -0.4 is 15.5 Å². The van der Waals surface area contributed by atoms with Gasteiger partial charge in [0.15, 0.2) is 9.84 Å². The molecule has 8 nitrogen and oxygen atoms in total. The normalized spacial score (nSPS) is 17.6. The zero-order valence-electron chi connectivity index (χ0n) is 21.4. The number of amides is 2. The summed E-state index contributed by atoms with van der Waals surface area (Å²) in [5.41, 5.74) is 2.61. The molecule has 0 spiro atoms. The Kier molecular flexibility index (Phi) is 8.69. The predicted octanol–water partition coefficient (Wildman–Crippen LogP) is 3.78. The third-order valence-corrected chi connectivity index (χ3v) is 8.15. The van der Waals surface area contributed by atoms with Crippen LogP contribution in [0, 0.1) is 12.8 Å². The number of nitrogens with one attached hydrogen (secondary N) is 2. The Labute approximate surface area is 228 Å². The molecule has 1 aliphatic rings. The minimum atomic E-state index is -3.36. The monoisotopic (exact) mass is 554 g/mol. The van der Waals surface area contributed by atoms with E-state index in [0.29, 0.717) is 42.5 Å². The molecule has 0 bridgehead atoms. The molecule has 2 heterocycles. The summed E-state index contributed by atoms with van der Waals surface area (Å²) >= 11 is 6.08. The van der Waals surface area contributed by atoms with E-state index in [9.17, 15) is 18.0 Å². The number of rotatable bonds is 8. The third kappa shape index (κ3) is 7.11. The summed E-state index contributed by atoms with van der Waals surface area (Å²) < 4.78 is 23.6. The van der Waals surface area contributed by atoms with E-state index >= 15 is 0 Å². The third-order valence-electron chi connectivity index (χ3n) is 6.82. The first-order valence-corrected chi connectivity index (χ1v) is 14.7. The molecule has 0 aliphatic carbocycles. The van der Waals surface area contributed by atoms with E-state index in [2.05, 4.69) is 15.6 Å². The Morgan fingerprint density at radius 2 is 1.89 bits per heavy atom. The van der Waals surface area contributed by atoms with Crippen molar-refractivity contribution in [2.24, 2.45) is 5.92 Å². The predicted molar refractivity (Wildman–Crippen MR) is 148 cm³/mol. The van der Waals surface area contributed by atoms with E-state index in [0.717, 1.165) is 17.4 Å². The van der Waals surface area contributed by atoms with E-state index in [4.69, 9.17) is 11.6 Å². The highest BCUT2D eigenvalue weighted by Crippen LogP contribution is 2.26. The van der Waals surface area contributed by atoms with Crippen LogP contribution in [0.15, 0.2) is 71.8 Å². The molecule has 2 amide bonds. The number of carbonyl (C=O) groups excluding carboxylic acids is 2. The van der Waals surface area contributed by atoms with Crippen LogP contribution in [-0.2, 0) is 21.2 Å². The van der Waals surface area contributed by atoms with E-state index in [1.807, 2.05) is 36.1 Å². The fourth-order valence-electron chi connectivity index (χ4n) is 4.59. The number of benzene rings is 2. The highest BCUT2D eigenvalue weighted by Gasteiger charge is 2.33. The smallest absolute Gasteiger partial charge is 0.251 e. The summed E-state index contributed by atoms with van der Waals surface area (Å²) in [4.78, 5) is 32.5. The van der Waals surface area contributed by atoms with Crippen molar-refractivity contribution in [1.29, 1.82) is 0 Å². The van der Waals surface area contributed by atoms with Crippen LogP contribution in [-0.4, -0.2) is 50.6 Å². The second-order valence-electron chi connectivity index (χ2n) is 9.62. The average Bonchev–Trinajstić information content (AvgIpc) is 2.89. The van der Waals surface area contributed by atoms with Gasteiger partial charge >= 0.3 is 0 Å². The first-order valence-electron chi connectivity index (χ1n) is 12.4. The van der Waals surface area contributed by atoms with Crippen LogP contribution >= 0.6 is 11.6 Å². The van der Waals surface area contributed by atoms with Crippen molar-refractivity contribution < 1.29 is 18.0 Å². The number of sulfone groups is 1. The molecule has 1 fully saturated rings. The van der Waals surface area contributed by atoms with Gasteiger partial charge in [-0.25, -0.2) is 13.4 Å². The van der Waals surface area contributed by atoms with Crippen LogP contribution in [0.25, 0.3) is 0 Å². The molecule has 1 aliphatic heterocycles. The molecule has 1 aromatic heterocycles.